The molecule has 0 aliphatic heterocycles. The van der Waals surface area contributed by atoms with Gasteiger partial charge in [0.1, 0.15) is 6.61 Å². The standard InChI is InChI=1S/C11H16F2N2OS/c12-9(13)6-16-5-4-10-15-11-7(14)2-1-3-8(11)17-10/h7,9H,1-6,14H2. The van der Waals surface area contributed by atoms with E-state index in [1.807, 2.05) is 0 Å². The third kappa shape index (κ3) is 3.43. The third-order valence-electron chi connectivity index (χ3n) is 2.75. The van der Waals surface area contributed by atoms with Crippen molar-refractivity contribution in [2.24, 2.45) is 5.73 Å². The number of rotatable bonds is 5. The molecule has 17 heavy (non-hydrogen) atoms. The summed E-state index contributed by atoms with van der Waals surface area (Å²) in [5.74, 6) is 0. The van der Waals surface area contributed by atoms with Gasteiger partial charge in [0.25, 0.3) is 6.43 Å². The van der Waals surface area contributed by atoms with E-state index in [4.69, 9.17) is 10.5 Å². The quantitative estimate of drug-likeness (QED) is 0.828. The number of nitrogens with two attached hydrogens (primary N) is 1. The molecule has 0 amide bonds. The Kier molecular flexibility index (Phi) is 4.42. The lowest BCUT2D eigenvalue weighted by Crippen LogP contribution is -2.16. The fourth-order valence-corrected chi connectivity index (χ4v) is 3.10. The van der Waals surface area contributed by atoms with Crippen LogP contribution in [-0.2, 0) is 17.6 Å². The number of nitrogens with zero attached hydrogens (tertiary/aromatic N) is 1. The van der Waals surface area contributed by atoms with Crippen molar-refractivity contribution in [1.29, 1.82) is 0 Å². The highest BCUT2D eigenvalue weighted by molar-refractivity contribution is 7.11. The molecule has 1 aromatic rings. The van der Waals surface area contributed by atoms with Gasteiger partial charge in [-0.2, -0.15) is 0 Å². The zero-order valence-corrected chi connectivity index (χ0v) is 10.3. The third-order valence-corrected chi connectivity index (χ3v) is 3.94. The molecule has 0 radical (unpaired) electrons. The zero-order valence-electron chi connectivity index (χ0n) is 9.49. The fourth-order valence-electron chi connectivity index (χ4n) is 1.94. The summed E-state index contributed by atoms with van der Waals surface area (Å²) in [5, 5.41) is 0.946. The molecule has 1 atom stereocenters. The first-order valence-electron chi connectivity index (χ1n) is 5.76. The molecule has 0 spiro atoms. The molecule has 2 rings (SSSR count). The van der Waals surface area contributed by atoms with Crippen LogP contribution in [0.1, 0.15) is 34.5 Å². The Bertz CT molecular complexity index is 370. The van der Waals surface area contributed by atoms with Gasteiger partial charge in [-0.05, 0) is 19.3 Å². The Hall–Kier alpha value is -0.590. The van der Waals surface area contributed by atoms with E-state index in [0.29, 0.717) is 13.0 Å². The number of alkyl halides is 2. The van der Waals surface area contributed by atoms with Gasteiger partial charge in [-0.25, -0.2) is 13.8 Å². The monoisotopic (exact) mass is 262 g/mol. The number of halogens is 2. The Morgan fingerprint density at radius 1 is 1.53 bits per heavy atom. The van der Waals surface area contributed by atoms with E-state index in [-0.39, 0.29) is 6.04 Å². The molecule has 0 saturated heterocycles. The van der Waals surface area contributed by atoms with Crippen molar-refractivity contribution in [2.75, 3.05) is 13.2 Å². The number of hydrogen-bond donors (Lipinski definition) is 1. The molecule has 1 unspecified atom stereocenters. The number of aryl methyl sites for hydroxylation is 1. The second-order valence-electron chi connectivity index (χ2n) is 4.13. The lowest BCUT2D eigenvalue weighted by molar-refractivity contribution is 0.0187. The Morgan fingerprint density at radius 3 is 3.06 bits per heavy atom. The van der Waals surface area contributed by atoms with Crippen molar-refractivity contribution < 1.29 is 13.5 Å². The predicted octanol–water partition coefficient (Wildman–Crippen LogP) is 2.30. The highest BCUT2D eigenvalue weighted by Crippen LogP contribution is 2.31. The fraction of sp³-hybridized carbons (Fsp3) is 0.727. The van der Waals surface area contributed by atoms with Crippen molar-refractivity contribution in [1.82, 2.24) is 4.98 Å². The molecular formula is C11H16F2N2OS. The van der Waals surface area contributed by atoms with Crippen molar-refractivity contribution in [3.63, 3.8) is 0 Å². The van der Waals surface area contributed by atoms with E-state index in [1.165, 1.54) is 4.88 Å². The average Bonchev–Trinajstić information content (AvgIpc) is 2.69. The first-order chi connectivity index (χ1) is 8.16. The van der Waals surface area contributed by atoms with E-state index >= 15 is 0 Å². The smallest absolute Gasteiger partial charge is 0.261 e. The van der Waals surface area contributed by atoms with Gasteiger partial charge in [-0.15, -0.1) is 11.3 Å². The first-order valence-corrected chi connectivity index (χ1v) is 6.58. The van der Waals surface area contributed by atoms with E-state index in [0.717, 1.165) is 30.0 Å². The van der Waals surface area contributed by atoms with Crippen LogP contribution in [0.15, 0.2) is 0 Å². The van der Waals surface area contributed by atoms with Gasteiger partial charge >= 0.3 is 0 Å². The van der Waals surface area contributed by atoms with Gasteiger partial charge < -0.3 is 10.5 Å². The second kappa shape index (κ2) is 5.84. The molecule has 2 N–H and O–H groups in total. The predicted molar refractivity (Wildman–Crippen MR) is 62.5 cm³/mol. The van der Waals surface area contributed by atoms with Crippen LogP contribution in [0.2, 0.25) is 0 Å². The number of thiazole rings is 1. The van der Waals surface area contributed by atoms with Crippen LogP contribution < -0.4 is 5.73 Å². The van der Waals surface area contributed by atoms with Crippen LogP contribution >= 0.6 is 11.3 Å². The van der Waals surface area contributed by atoms with E-state index in [2.05, 4.69) is 4.98 Å². The lowest BCUT2D eigenvalue weighted by atomic mass is 9.99. The molecule has 1 aromatic heterocycles. The summed E-state index contributed by atoms with van der Waals surface area (Å²) in [6.07, 6.45) is 1.33. The Morgan fingerprint density at radius 2 is 2.35 bits per heavy atom. The summed E-state index contributed by atoms with van der Waals surface area (Å²) in [4.78, 5) is 5.73. The average molecular weight is 262 g/mol. The van der Waals surface area contributed by atoms with Crippen molar-refractivity contribution >= 4 is 11.3 Å². The number of aromatic nitrogens is 1. The van der Waals surface area contributed by atoms with Gasteiger partial charge in [0.05, 0.1) is 17.3 Å². The molecule has 0 bridgehead atoms. The number of fused-ring (bicyclic) bond motifs is 1. The summed E-state index contributed by atoms with van der Waals surface area (Å²) in [7, 11) is 0. The van der Waals surface area contributed by atoms with Crippen LogP contribution in [-0.4, -0.2) is 24.6 Å². The molecular weight excluding hydrogens is 246 g/mol. The summed E-state index contributed by atoms with van der Waals surface area (Å²) >= 11 is 1.64. The van der Waals surface area contributed by atoms with Crippen LogP contribution in [0, 0.1) is 0 Å². The lowest BCUT2D eigenvalue weighted by Gasteiger charge is -2.15. The molecule has 0 saturated carbocycles. The van der Waals surface area contributed by atoms with Crippen LogP contribution in [0.3, 0.4) is 0 Å². The maximum Gasteiger partial charge on any atom is 0.261 e. The highest BCUT2D eigenvalue weighted by atomic mass is 32.1. The normalized spacial score (nSPS) is 19.6. The zero-order chi connectivity index (χ0) is 12.3. The molecule has 0 aromatic carbocycles. The topological polar surface area (TPSA) is 48.1 Å². The largest absolute Gasteiger partial charge is 0.375 e. The van der Waals surface area contributed by atoms with E-state index < -0.39 is 13.0 Å². The number of hydrogen-bond acceptors (Lipinski definition) is 4. The molecule has 0 fully saturated rings. The van der Waals surface area contributed by atoms with Crippen LogP contribution in [0.5, 0.6) is 0 Å². The maximum atomic E-state index is 11.8. The van der Waals surface area contributed by atoms with E-state index in [9.17, 15) is 8.78 Å². The van der Waals surface area contributed by atoms with E-state index in [1.54, 1.807) is 11.3 Å². The van der Waals surface area contributed by atoms with Crippen molar-refractivity contribution in [3.05, 3.63) is 15.6 Å². The Balaban J connectivity index is 1.85. The first kappa shape index (κ1) is 12.9. The van der Waals surface area contributed by atoms with Crippen LogP contribution in [0.25, 0.3) is 0 Å². The summed E-state index contributed by atoms with van der Waals surface area (Å²) < 4.78 is 28.5. The molecule has 1 aliphatic rings. The van der Waals surface area contributed by atoms with Crippen molar-refractivity contribution in [2.45, 2.75) is 38.2 Å². The minimum Gasteiger partial charge on any atom is -0.375 e. The second-order valence-corrected chi connectivity index (χ2v) is 5.30. The number of ether oxygens (including phenoxy) is 1. The molecule has 3 nitrogen and oxygen atoms in total. The van der Waals surface area contributed by atoms with Crippen LogP contribution in [0.4, 0.5) is 8.78 Å². The maximum absolute atomic E-state index is 11.8. The Labute approximate surface area is 103 Å². The van der Waals surface area contributed by atoms with Gasteiger partial charge in [-0.3, -0.25) is 0 Å². The van der Waals surface area contributed by atoms with Gasteiger partial charge in [0.15, 0.2) is 0 Å². The van der Waals surface area contributed by atoms with Gasteiger partial charge in [0, 0.05) is 17.3 Å². The summed E-state index contributed by atoms with van der Waals surface area (Å²) in [6, 6.07) is 0.0470. The van der Waals surface area contributed by atoms with Gasteiger partial charge in [-0.1, -0.05) is 0 Å². The minimum absolute atomic E-state index is 0.0470. The SMILES string of the molecule is NC1CCCc2sc(CCOCC(F)F)nc21. The molecule has 1 aliphatic carbocycles. The summed E-state index contributed by atoms with van der Waals surface area (Å²) in [6.45, 7) is -0.198. The minimum atomic E-state index is -2.40. The molecule has 96 valence electrons. The molecule has 1 heterocycles. The highest BCUT2D eigenvalue weighted by Gasteiger charge is 2.21. The van der Waals surface area contributed by atoms with Crippen molar-refractivity contribution in [3.8, 4) is 0 Å². The van der Waals surface area contributed by atoms with Gasteiger partial charge in [0.2, 0.25) is 0 Å². The molecule has 6 heteroatoms. The summed E-state index contributed by atoms with van der Waals surface area (Å²) in [5.41, 5.74) is 6.97.